The molecule has 4 heterocycles. The van der Waals surface area contributed by atoms with Crippen LogP contribution in [0.3, 0.4) is 0 Å². The molecule has 0 spiro atoms. The van der Waals surface area contributed by atoms with Gasteiger partial charge in [-0.2, -0.15) is 0 Å². The number of imidazole rings is 1. The molecule has 0 saturated heterocycles. The van der Waals surface area contributed by atoms with Crippen LogP contribution >= 0.6 is 11.8 Å². The van der Waals surface area contributed by atoms with Crippen molar-refractivity contribution in [3.05, 3.63) is 56.6 Å². The summed E-state index contributed by atoms with van der Waals surface area (Å²) < 4.78 is 11.0. The van der Waals surface area contributed by atoms with E-state index in [1.807, 2.05) is 12.1 Å². The first kappa shape index (κ1) is 20.8. The van der Waals surface area contributed by atoms with Crippen molar-refractivity contribution in [1.82, 2.24) is 33.9 Å². The quantitative estimate of drug-likeness (QED) is 0.386. The van der Waals surface area contributed by atoms with Crippen LogP contribution in [0.2, 0.25) is 0 Å². The van der Waals surface area contributed by atoms with Crippen LogP contribution in [-0.2, 0) is 25.9 Å². The van der Waals surface area contributed by atoms with Crippen LogP contribution < -0.4 is 11.2 Å². The van der Waals surface area contributed by atoms with Crippen molar-refractivity contribution in [2.45, 2.75) is 62.5 Å². The molecular weight excluding hydrogens is 430 g/mol. The molecule has 4 aromatic rings. The lowest BCUT2D eigenvalue weighted by molar-refractivity contribution is 0.478. The maximum Gasteiger partial charge on any atom is 0.330 e. The highest BCUT2D eigenvalue weighted by molar-refractivity contribution is 7.98. The summed E-state index contributed by atoms with van der Waals surface area (Å²) in [6.07, 6.45) is 5.70. The van der Waals surface area contributed by atoms with Gasteiger partial charge >= 0.3 is 5.69 Å². The number of aromatic amines is 1. The number of hydrogen-bond acceptors (Lipinski definition) is 7. The molecule has 1 fully saturated rings. The van der Waals surface area contributed by atoms with Gasteiger partial charge in [0.05, 0.1) is 18.6 Å². The number of aryl methyl sites for hydroxylation is 2. The number of rotatable bonds is 9. The highest BCUT2D eigenvalue weighted by atomic mass is 32.2. The van der Waals surface area contributed by atoms with E-state index in [1.165, 1.54) is 11.8 Å². The molecule has 1 saturated carbocycles. The van der Waals surface area contributed by atoms with Gasteiger partial charge < -0.3 is 8.98 Å². The molecule has 11 heteroatoms. The SMILES string of the molecule is CCCCn1c(=O)[nH]c(=O)c2c1nc(CSc1nnc(C3CC3)n1Cc1ccco1)n2C. The number of aromatic nitrogens is 7. The van der Waals surface area contributed by atoms with Crippen molar-refractivity contribution >= 4 is 22.9 Å². The van der Waals surface area contributed by atoms with Gasteiger partial charge in [-0.1, -0.05) is 25.1 Å². The van der Waals surface area contributed by atoms with Gasteiger partial charge in [-0.3, -0.25) is 18.9 Å². The summed E-state index contributed by atoms with van der Waals surface area (Å²) in [6, 6.07) is 3.82. The Morgan fingerprint density at radius 3 is 2.81 bits per heavy atom. The van der Waals surface area contributed by atoms with Gasteiger partial charge in [0, 0.05) is 19.5 Å². The lowest BCUT2D eigenvalue weighted by Gasteiger charge is -2.08. The molecule has 1 N–H and O–H groups in total. The van der Waals surface area contributed by atoms with Gasteiger partial charge in [-0.25, -0.2) is 9.78 Å². The Bertz CT molecular complexity index is 1360. The second kappa shape index (κ2) is 8.45. The van der Waals surface area contributed by atoms with Crippen LogP contribution in [0.4, 0.5) is 0 Å². The summed E-state index contributed by atoms with van der Waals surface area (Å²) >= 11 is 1.52. The van der Waals surface area contributed by atoms with E-state index in [1.54, 1.807) is 22.4 Å². The van der Waals surface area contributed by atoms with Gasteiger partial charge in [0.15, 0.2) is 16.3 Å². The third-order valence-electron chi connectivity index (χ3n) is 5.75. The summed E-state index contributed by atoms with van der Waals surface area (Å²) in [5, 5.41) is 9.64. The third kappa shape index (κ3) is 3.81. The Morgan fingerprint density at radius 2 is 2.09 bits per heavy atom. The highest BCUT2D eigenvalue weighted by Crippen LogP contribution is 2.40. The predicted octanol–water partition coefficient (Wildman–Crippen LogP) is 2.63. The Labute approximate surface area is 187 Å². The lowest BCUT2D eigenvalue weighted by Crippen LogP contribution is -2.31. The molecule has 0 aromatic carbocycles. The minimum atomic E-state index is -0.416. The van der Waals surface area contributed by atoms with Crippen molar-refractivity contribution in [1.29, 1.82) is 0 Å². The average Bonchev–Trinajstić information content (AvgIpc) is 3.17. The van der Waals surface area contributed by atoms with Crippen molar-refractivity contribution in [3.8, 4) is 0 Å². The van der Waals surface area contributed by atoms with Crippen molar-refractivity contribution in [3.63, 3.8) is 0 Å². The zero-order chi connectivity index (χ0) is 22.2. The Balaban J connectivity index is 1.46. The summed E-state index contributed by atoms with van der Waals surface area (Å²) in [4.78, 5) is 31.9. The maximum absolute atomic E-state index is 12.5. The molecule has 0 unspecified atom stereocenters. The first-order valence-corrected chi connectivity index (χ1v) is 11.8. The van der Waals surface area contributed by atoms with E-state index in [9.17, 15) is 9.59 Å². The monoisotopic (exact) mass is 455 g/mol. The van der Waals surface area contributed by atoms with Crippen LogP contribution in [0.1, 0.15) is 55.9 Å². The molecule has 0 aliphatic heterocycles. The summed E-state index contributed by atoms with van der Waals surface area (Å²) in [5.74, 6) is 3.48. The average molecular weight is 456 g/mol. The van der Waals surface area contributed by atoms with Crippen LogP contribution in [0.25, 0.3) is 11.2 Å². The number of furan rings is 1. The number of nitrogens with zero attached hydrogens (tertiary/aromatic N) is 6. The molecule has 0 radical (unpaired) electrons. The van der Waals surface area contributed by atoms with E-state index >= 15 is 0 Å². The molecule has 5 rings (SSSR count). The number of thioether (sulfide) groups is 1. The molecule has 1 aliphatic carbocycles. The summed E-state index contributed by atoms with van der Waals surface area (Å²) in [6.45, 7) is 3.16. The van der Waals surface area contributed by atoms with Gasteiger partial charge in [-0.15, -0.1) is 10.2 Å². The number of unbranched alkanes of at least 4 members (excludes halogenated alkanes) is 1. The first-order valence-electron chi connectivity index (χ1n) is 10.8. The van der Waals surface area contributed by atoms with Gasteiger partial charge in [0.25, 0.3) is 5.56 Å². The molecule has 0 amide bonds. The number of H-pyrrole nitrogens is 1. The van der Waals surface area contributed by atoms with E-state index in [4.69, 9.17) is 4.42 Å². The van der Waals surface area contributed by atoms with Crippen LogP contribution in [0, 0.1) is 0 Å². The molecule has 168 valence electrons. The second-order valence-corrected chi connectivity index (χ2v) is 9.04. The van der Waals surface area contributed by atoms with Gasteiger partial charge in [0.2, 0.25) is 0 Å². The minimum absolute atomic E-state index is 0.409. The Morgan fingerprint density at radius 1 is 1.25 bits per heavy atom. The third-order valence-corrected chi connectivity index (χ3v) is 6.72. The van der Waals surface area contributed by atoms with Crippen molar-refractivity contribution in [2.75, 3.05) is 0 Å². The fraction of sp³-hybridized carbons (Fsp3) is 0.476. The molecule has 32 heavy (non-hydrogen) atoms. The van der Waals surface area contributed by atoms with Crippen LogP contribution in [0.5, 0.6) is 0 Å². The predicted molar refractivity (Wildman–Crippen MR) is 120 cm³/mol. The van der Waals surface area contributed by atoms with Crippen LogP contribution in [-0.4, -0.2) is 33.9 Å². The topological polar surface area (TPSA) is 117 Å². The second-order valence-electron chi connectivity index (χ2n) is 8.09. The van der Waals surface area contributed by atoms with E-state index in [2.05, 4.69) is 31.7 Å². The largest absolute Gasteiger partial charge is 0.467 e. The normalized spacial score (nSPS) is 13.9. The van der Waals surface area contributed by atoms with E-state index in [0.717, 1.165) is 42.4 Å². The minimum Gasteiger partial charge on any atom is -0.467 e. The molecule has 10 nitrogen and oxygen atoms in total. The molecule has 1 aliphatic rings. The number of nitrogens with one attached hydrogen (secondary N) is 1. The maximum atomic E-state index is 12.5. The summed E-state index contributed by atoms with van der Waals surface area (Å²) in [5.41, 5.74) is 0.00886. The highest BCUT2D eigenvalue weighted by Gasteiger charge is 2.31. The fourth-order valence-electron chi connectivity index (χ4n) is 3.83. The lowest BCUT2D eigenvalue weighted by atomic mass is 10.3. The first-order chi connectivity index (χ1) is 15.6. The van der Waals surface area contributed by atoms with E-state index < -0.39 is 11.2 Å². The Kier molecular flexibility index (Phi) is 5.50. The van der Waals surface area contributed by atoms with E-state index in [-0.39, 0.29) is 0 Å². The van der Waals surface area contributed by atoms with Gasteiger partial charge in [-0.05, 0) is 31.4 Å². The molecule has 0 atom stereocenters. The number of fused-ring (bicyclic) bond motifs is 1. The van der Waals surface area contributed by atoms with E-state index in [0.29, 0.717) is 41.7 Å². The zero-order valence-corrected chi connectivity index (χ0v) is 18.9. The van der Waals surface area contributed by atoms with Crippen molar-refractivity contribution in [2.24, 2.45) is 7.05 Å². The zero-order valence-electron chi connectivity index (χ0n) is 18.1. The molecular formula is C21H25N7O3S. The molecule has 4 aromatic heterocycles. The van der Waals surface area contributed by atoms with Crippen molar-refractivity contribution < 1.29 is 4.42 Å². The summed E-state index contributed by atoms with van der Waals surface area (Å²) in [7, 11) is 1.80. The van der Waals surface area contributed by atoms with Crippen LogP contribution in [0.15, 0.2) is 37.6 Å². The Hall–Kier alpha value is -3.08. The molecule has 0 bridgehead atoms. The standard InChI is InChI=1S/C21H25N7O3S/c1-3-4-9-27-18-16(19(29)23-20(27)30)26(2)15(22-18)12-32-21-25-24-17(13-7-8-13)28(21)11-14-6-5-10-31-14/h5-6,10,13H,3-4,7-9,11-12H2,1-2H3,(H,23,29,30). The fourth-order valence-corrected chi connectivity index (χ4v) is 4.76. The van der Waals surface area contributed by atoms with Gasteiger partial charge in [0.1, 0.15) is 17.4 Å². The smallest absolute Gasteiger partial charge is 0.330 e. The number of hydrogen-bond donors (Lipinski definition) is 1.